The highest BCUT2D eigenvalue weighted by atomic mass is 32.1. The number of nitrogens with one attached hydrogen (secondary N) is 2. The number of amides is 1. The lowest BCUT2D eigenvalue weighted by atomic mass is 10.1. The summed E-state index contributed by atoms with van der Waals surface area (Å²) >= 11 is 1.25. The molecule has 158 valence electrons. The molecule has 0 aliphatic carbocycles. The minimum atomic E-state index is -0.341. The molecule has 0 bridgehead atoms. The van der Waals surface area contributed by atoms with E-state index in [-0.39, 0.29) is 11.7 Å². The van der Waals surface area contributed by atoms with Crippen molar-refractivity contribution in [2.75, 3.05) is 10.7 Å². The molecule has 32 heavy (non-hydrogen) atoms. The molecule has 0 aliphatic rings. The van der Waals surface area contributed by atoms with Crippen LogP contribution in [0, 0.1) is 5.82 Å². The van der Waals surface area contributed by atoms with Gasteiger partial charge in [0, 0.05) is 17.3 Å². The van der Waals surface area contributed by atoms with Crippen LogP contribution in [0.3, 0.4) is 0 Å². The smallest absolute Gasteiger partial charge is 0.256 e. The summed E-state index contributed by atoms with van der Waals surface area (Å²) in [6, 6.07) is 24.8. The maximum Gasteiger partial charge on any atom is 0.256 e. The molecule has 0 fully saturated rings. The van der Waals surface area contributed by atoms with E-state index in [9.17, 15) is 9.18 Å². The number of hydrogen-bond donors (Lipinski definition) is 2. The molecule has 4 aromatic rings. The molecule has 1 amide bonds. The van der Waals surface area contributed by atoms with Gasteiger partial charge in [-0.3, -0.25) is 10.2 Å². The van der Waals surface area contributed by atoms with Crippen LogP contribution in [0.5, 0.6) is 0 Å². The average Bonchev–Trinajstić information content (AvgIpc) is 3.23. The summed E-state index contributed by atoms with van der Waals surface area (Å²) in [6.07, 6.45) is 5.37. The second-order valence-corrected chi connectivity index (χ2v) is 7.68. The Morgan fingerprint density at radius 2 is 1.62 bits per heavy atom. The summed E-state index contributed by atoms with van der Waals surface area (Å²) in [5.41, 5.74) is 5.71. The Hall–Kier alpha value is -4.10. The number of thiazole rings is 1. The zero-order valence-electron chi connectivity index (χ0n) is 16.9. The van der Waals surface area contributed by atoms with Crippen molar-refractivity contribution in [2.24, 2.45) is 5.10 Å². The molecule has 0 saturated carbocycles. The zero-order valence-corrected chi connectivity index (χ0v) is 17.7. The van der Waals surface area contributed by atoms with Gasteiger partial charge in [0.05, 0.1) is 0 Å². The molecular weight excluding hydrogens is 423 g/mol. The van der Waals surface area contributed by atoms with Crippen LogP contribution >= 0.6 is 11.3 Å². The van der Waals surface area contributed by atoms with Gasteiger partial charge in [-0.2, -0.15) is 5.10 Å². The predicted octanol–water partition coefficient (Wildman–Crippen LogP) is 6.31. The molecule has 5 nitrogen and oxygen atoms in total. The maximum absolute atomic E-state index is 13.4. The van der Waals surface area contributed by atoms with E-state index in [0.717, 1.165) is 5.56 Å². The third-order valence-electron chi connectivity index (χ3n) is 4.42. The molecule has 0 aliphatic heterocycles. The fraction of sp³-hybridized carbons (Fsp3) is 0. The fourth-order valence-corrected chi connectivity index (χ4v) is 3.71. The lowest BCUT2D eigenvalue weighted by Gasteiger charge is -2.05. The second kappa shape index (κ2) is 10.3. The van der Waals surface area contributed by atoms with Gasteiger partial charge in [-0.25, -0.2) is 9.37 Å². The fourth-order valence-electron chi connectivity index (χ4n) is 2.87. The minimum Gasteiger partial charge on any atom is -0.312 e. The minimum absolute atomic E-state index is 0.251. The molecule has 1 heterocycles. The Morgan fingerprint density at radius 1 is 0.938 bits per heavy atom. The molecule has 0 spiro atoms. The first kappa shape index (κ1) is 21.1. The van der Waals surface area contributed by atoms with E-state index >= 15 is 0 Å². The number of halogens is 1. The molecule has 0 radical (unpaired) electrons. The molecule has 1 aromatic heterocycles. The third-order valence-corrected chi connectivity index (χ3v) is 5.29. The van der Waals surface area contributed by atoms with Gasteiger partial charge in [-0.05, 0) is 48.0 Å². The topological polar surface area (TPSA) is 66.4 Å². The van der Waals surface area contributed by atoms with Gasteiger partial charge in [-0.15, -0.1) is 0 Å². The van der Waals surface area contributed by atoms with Gasteiger partial charge >= 0.3 is 0 Å². The Labute approximate surface area is 189 Å². The molecule has 0 atom stereocenters. The Bertz CT molecular complexity index is 1240. The molecule has 4 rings (SSSR count). The summed E-state index contributed by atoms with van der Waals surface area (Å²) in [5, 5.41) is 8.11. The largest absolute Gasteiger partial charge is 0.312 e. The van der Waals surface area contributed by atoms with Crippen molar-refractivity contribution < 1.29 is 9.18 Å². The first-order valence-corrected chi connectivity index (χ1v) is 10.6. The number of nitrogens with zero attached hydrogens (tertiary/aromatic N) is 2. The van der Waals surface area contributed by atoms with Crippen LogP contribution in [0.2, 0.25) is 0 Å². The number of hydrogen-bond acceptors (Lipinski definition) is 5. The zero-order chi connectivity index (χ0) is 22.2. The number of benzene rings is 3. The predicted molar refractivity (Wildman–Crippen MR) is 129 cm³/mol. The van der Waals surface area contributed by atoms with E-state index in [2.05, 4.69) is 20.8 Å². The quantitative estimate of drug-likeness (QED) is 0.260. The van der Waals surface area contributed by atoms with Gasteiger partial charge in [0.15, 0.2) is 0 Å². The number of allylic oxidation sites excluding steroid dienone is 1. The molecule has 0 saturated heterocycles. The van der Waals surface area contributed by atoms with Gasteiger partial charge in [0.1, 0.15) is 16.5 Å². The van der Waals surface area contributed by atoms with Crippen LogP contribution < -0.4 is 10.7 Å². The van der Waals surface area contributed by atoms with Gasteiger partial charge in [0.2, 0.25) is 5.13 Å². The molecule has 0 unspecified atom stereocenters. The molecule has 2 N–H and O–H groups in total. The van der Waals surface area contributed by atoms with Crippen molar-refractivity contribution in [2.45, 2.75) is 0 Å². The van der Waals surface area contributed by atoms with Gasteiger partial charge < -0.3 is 5.32 Å². The maximum atomic E-state index is 13.4. The van der Waals surface area contributed by atoms with Crippen LogP contribution in [0.25, 0.3) is 17.3 Å². The summed E-state index contributed by atoms with van der Waals surface area (Å²) < 4.78 is 13.4. The van der Waals surface area contributed by atoms with E-state index in [1.807, 2.05) is 48.6 Å². The third kappa shape index (κ3) is 5.53. The second-order valence-electron chi connectivity index (χ2n) is 6.68. The van der Waals surface area contributed by atoms with E-state index in [1.165, 1.54) is 23.5 Å². The normalized spacial score (nSPS) is 11.2. The highest BCUT2D eigenvalue weighted by Gasteiger charge is 2.16. The van der Waals surface area contributed by atoms with Crippen molar-refractivity contribution in [1.29, 1.82) is 0 Å². The van der Waals surface area contributed by atoms with E-state index in [0.29, 0.717) is 27.0 Å². The average molecular weight is 443 g/mol. The van der Waals surface area contributed by atoms with Gasteiger partial charge in [-0.1, -0.05) is 65.9 Å². The number of anilines is 2. The van der Waals surface area contributed by atoms with Crippen LogP contribution in [-0.2, 0) is 0 Å². The van der Waals surface area contributed by atoms with E-state index < -0.39 is 0 Å². The van der Waals surface area contributed by atoms with Crippen molar-refractivity contribution in [3.8, 4) is 11.3 Å². The molecule has 3 aromatic carbocycles. The number of hydrazone groups is 1. The standard InChI is InChI=1S/C25H19FN4OS/c26-21-15-13-19(14-16-21)22-24(29-23(31)20-11-5-2-6-12-20)32-25(28-22)30-27-17-7-10-18-8-3-1-4-9-18/h1-17H,(H,28,30)(H,29,31)/b10-7+,27-17+. The number of aromatic nitrogens is 1. The first-order valence-electron chi connectivity index (χ1n) is 9.83. The van der Waals surface area contributed by atoms with E-state index in [1.54, 1.807) is 42.6 Å². The highest BCUT2D eigenvalue weighted by Crippen LogP contribution is 2.36. The monoisotopic (exact) mass is 442 g/mol. The highest BCUT2D eigenvalue weighted by molar-refractivity contribution is 7.20. The lowest BCUT2D eigenvalue weighted by molar-refractivity contribution is 0.102. The summed E-state index contributed by atoms with van der Waals surface area (Å²) in [7, 11) is 0. The Balaban J connectivity index is 1.53. The first-order chi connectivity index (χ1) is 15.7. The summed E-state index contributed by atoms with van der Waals surface area (Å²) in [4.78, 5) is 17.2. The number of carbonyl (C=O) groups is 1. The van der Waals surface area contributed by atoms with Crippen molar-refractivity contribution in [3.05, 3.63) is 108 Å². The van der Waals surface area contributed by atoms with Crippen molar-refractivity contribution in [3.63, 3.8) is 0 Å². The van der Waals surface area contributed by atoms with Crippen LogP contribution in [0.1, 0.15) is 15.9 Å². The van der Waals surface area contributed by atoms with E-state index in [4.69, 9.17) is 0 Å². The van der Waals surface area contributed by atoms with Gasteiger partial charge in [0.25, 0.3) is 5.91 Å². The summed E-state index contributed by atoms with van der Waals surface area (Å²) in [6.45, 7) is 0. The molecular formula is C25H19FN4OS. The number of carbonyl (C=O) groups excluding carboxylic acids is 1. The summed E-state index contributed by atoms with van der Waals surface area (Å²) in [5.74, 6) is -0.592. The number of rotatable bonds is 7. The SMILES string of the molecule is O=C(Nc1sc(N/N=C/C=C/c2ccccc2)nc1-c1ccc(F)cc1)c1ccccc1. The Kier molecular flexibility index (Phi) is 6.79. The van der Waals surface area contributed by atoms with Crippen molar-refractivity contribution >= 4 is 39.7 Å². The Morgan fingerprint density at radius 3 is 2.34 bits per heavy atom. The molecule has 7 heteroatoms. The van der Waals surface area contributed by atoms with Crippen LogP contribution in [0.15, 0.2) is 96.1 Å². The van der Waals surface area contributed by atoms with Crippen molar-refractivity contribution in [1.82, 2.24) is 4.98 Å². The van der Waals surface area contributed by atoms with Crippen LogP contribution in [-0.4, -0.2) is 17.1 Å². The lowest BCUT2D eigenvalue weighted by Crippen LogP contribution is -2.11. The van der Waals surface area contributed by atoms with Crippen LogP contribution in [0.4, 0.5) is 14.5 Å².